The van der Waals surface area contributed by atoms with E-state index in [4.69, 9.17) is 10.5 Å². The van der Waals surface area contributed by atoms with Crippen molar-refractivity contribution < 1.29 is 9.53 Å². The Morgan fingerprint density at radius 1 is 1.10 bits per heavy atom. The highest BCUT2D eigenvalue weighted by molar-refractivity contribution is 14.0. The number of hydrogen-bond acceptors (Lipinski definition) is 3. The van der Waals surface area contributed by atoms with Gasteiger partial charge in [-0.2, -0.15) is 0 Å². The molecular formula is C22H35IN4O2. The van der Waals surface area contributed by atoms with E-state index in [1.807, 2.05) is 43.0 Å². The van der Waals surface area contributed by atoms with Crippen LogP contribution in [0.2, 0.25) is 0 Å². The summed E-state index contributed by atoms with van der Waals surface area (Å²) >= 11 is 0. The Morgan fingerprint density at radius 2 is 1.69 bits per heavy atom. The van der Waals surface area contributed by atoms with Crippen LogP contribution in [0.5, 0.6) is 0 Å². The van der Waals surface area contributed by atoms with Crippen LogP contribution in [0.25, 0.3) is 0 Å². The zero-order chi connectivity index (χ0) is 19.9. The maximum atomic E-state index is 12.7. The Morgan fingerprint density at radius 3 is 2.28 bits per heavy atom. The van der Waals surface area contributed by atoms with Gasteiger partial charge in [0.15, 0.2) is 5.96 Å². The minimum Gasteiger partial charge on any atom is -0.372 e. The van der Waals surface area contributed by atoms with E-state index in [0.29, 0.717) is 37.2 Å². The molecule has 1 amide bonds. The first-order valence-electron chi connectivity index (χ1n) is 10.6. The lowest BCUT2D eigenvalue weighted by Gasteiger charge is -2.35. The number of nitrogens with zero attached hydrogens (tertiary/aromatic N) is 2. The molecule has 0 bridgehead atoms. The van der Waals surface area contributed by atoms with Crippen LogP contribution in [0.1, 0.15) is 68.3 Å². The lowest BCUT2D eigenvalue weighted by Crippen LogP contribution is -2.48. The molecule has 1 aromatic rings. The maximum absolute atomic E-state index is 12.7. The summed E-state index contributed by atoms with van der Waals surface area (Å²) in [4.78, 5) is 19.1. The first-order chi connectivity index (χ1) is 13.5. The van der Waals surface area contributed by atoms with Crippen LogP contribution in [-0.4, -0.2) is 48.1 Å². The number of amides is 1. The standard InChI is InChI=1S/C22H34N4O2.HI/c1-16-14-26(15-17(2)28-16)21(27)19-11-9-18(10-12-19)13-24-22(23)25-20-7-5-3-4-6-8-20;/h9-12,16-17,20H,3-8,13-15H2,1-2H3,(H3,23,24,25);1H. The van der Waals surface area contributed by atoms with Crippen molar-refractivity contribution in [3.63, 3.8) is 0 Å². The number of halogens is 1. The number of carbonyl (C=O) groups excluding carboxylic acids is 1. The molecule has 3 N–H and O–H groups in total. The lowest BCUT2D eigenvalue weighted by molar-refractivity contribution is -0.0586. The van der Waals surface area contributed by atoms with Crippen molar-refractivity contribution in [2.75, 3.05) is 13.1 Å². The second-order valence-electron chi connectivity index (χ2n) is 8.20. The van der Waals surface area contributed by atoms with Gasteiger partial charge in [-0.15, -0.1) is 24.0 Å². The maximum Gasteiger partial charge on any atom is 0.254 e. The SMILES string of the molecule is CC1CN(C(=O)c2ccc(CN=C(N)NC3CCCCCC3)cc2)CC(C)O1.I. The summed E-state index contributed by atoms with van der Waals surface area (Å²) in [7, 11) is 0. The predicted octanol–water partition coefficient (Wildman–Crippen LogP) is 3.68. The van der Waals surface area contributed by atoms with Gasteiger partial charge in [-0.3, -0.25) is 4.79 Å². The van der Waals surface area contributed by atoms with E-state index in [0.717, 1.165) is 5.56 Å². The molecule has 2 fully saturated rings. The largest absolute Gasteiger partial charge is 0.372 e. The highest BCUT2D eigenvalue weighted by Crippen LogP contribution is 2.17. The van der Waals surface area contributed by atoms with Gasteiger partial charge < -0.3 is 20.7 Å². The van der Waals surface area contributed by atoms with Gasteiger partial charge >= 0.3 is 0 Å². The van der Waals surface area contributed by atoms with Gasteiger partial charge in [-0.05, 0) is 44.4 Å². The van der Waals surface area contributed by atoms with Crippen molar-refractivity contribution in [2.24, 2.45) is 10.7 Å². The molecule has 3 rings (SSSR count). The molecule has 1 aromatic carbocycles. The smallest absolute Gasteiger partial charge is 0.254 e. The molecule has 6 nitrogen and oxygen atoms in total. The molecule has 1 saturated carbocycles. The molecule has 1 saturated heterocycles. The van der Waals surface area contributed by atoms with E-state index >= 15 is 0 Å². The van der Waals surface area contributed by atoms with E-state index in [1.54, 1.807) is 0 Å². The molecule has 1 heterocycles. The summed E-state index contributed by atoms with van der Waals surface area (Å²) in [6.07, 6.45) is 7.67. The summed E-state index contributed by atoms with van der Waals surface area (Å²) in [6.45, 7) is 5.80. The molecule has 1 aliphatic heterocycles. The van der Waals surface area contributed by atoms with Crippen molar-refractivity contribution >= 4 is 35.8 Å². The third kappa shape index (κ3) is 7.44. The lowest BCUT2D eigenvalue weighted by atomic mass is 10.1. The van der Waals surface area contributed by atoms with Gasteiger partial charge in [0.1, 0.15) is 0 Å². The number of ether oxygens (including phenoxy) is 1. The summed E-state index contributed by atoms with van der Waals surface area (Å²) in [6, 6.07) is 8.13. The van der Waals surface area contributed by atoms with E-state index in [1.165, 1.54) is 38.5 Å². The number of morpholine rings is 1. The average Bonchev–Trinajstić information content (AvgIpc) is 2.94. The molecule has 2 aliphatic rings. The normalized spacial score (nSPS) is 23.8. The van der Waals surface area contributed by atoms with E-state index in [9.17, 15) is 4.79 Å². The number of nitrogens with two attached hydrogens (primary N) is 1. The van der Waals surface area contributed by atoms with E-state index < -0.39 is 0 Å². The number of nitrogens with one attached hydrogen (secondary N) is 1. The third-order valence-corrected chi connectivity index (χ3v) is 5.55. The zero-order valence-electron chi connectivity index (χ0n) is 17.6. The van der Waals surface area contributed by atoms with Crippen LogP contribution in [-0.2, 0) is 11.3 Å². The Hall–Kier alpha value is -1.35. The summed E-state index contributed by atoms with van der Waals surface area (Å²) in [5.41, 5.74) is 7.83. The molecule has 0 aromatic heterocycles. The first kappa shape index (κ1) is 23.9. The fraction of sp³-hybridized carbons (Fsp3) is 0.636. The van der Waals surface area contributed by atoms with Crippen LogP contribution >= 0.6 is 24.0 Å². The second kappa shape index (κ2) is 11.7. The summed E-state index contributed by atoms with van der Waals surface area (Å²) in [5.74, 6) is 0.579. The van der Waals surface area contributed by atoms with Crippen molar-refractivity contribution in [1.29, 1.82) is 0 Å². The molecular weight excluding hydrogens is 479 g/mol. The Kier molecular flexibility index (Phi) is 9.68. The van der Waals surface area contributed by atoms with E-state index in [2.05, 4.69) is 10.3 Å². The minimum absolute atomic E-state index is 0. The van der Waals surface area contributed by atoms with Gasteiger partial charge in [-0.1, -0.05) is 37.8 Å². The quantitative estimate of drug-likeness (QED) is 0.278. The van der Waals surface area contributed by atoms with Crippen molar-refractivity contribution in [3.8, 4) is 0 Å². The number of carbonyl (C=O) groups is 1. The second-order valence-corrected chi connectivity index (χ2v) is 8.20. The van der Waals surface area contributed by atoms with Crippen molar-refractivity contribution in [1.82, 2.24) is 10.2 Å². The first-order valence-corrected chi connectivity index (χ1v) is 10.6. The van der Waals surface area contributed by atoms with Crippen molar-refractivity contribution in [3.05, 3.63) is 35.4 Å². The number of rotatable bonds is 4. The summed E-state index contributed by atoms with van der Waals surface area (Å²) < 4.78 is 5.71. The van der Waals surface area contributed by atoms with Gasteiger partial charge in [0.05, 0.1) is 18.8 Å². The number of hydrogen-bond donors (Lipinski definition) is 2. The Bertz CT molecular complexity index is 662. The molecule has 29 heavy (non-hydrogen) atoms. The fourth-order valence-electron chi connectivity index (χ4n) is 4.13. The topological polar surface area (TPSA) is 80.0 Å². The van der Waals surface area contributed by atoms with Gasteiger partial charge in [-0.25, -0.2) is 4.99 Å². The molecule has 1 aliphatic carbocycles. The number of guanidine groups is 1. The Balaban J connectivity index is 0.00000300. The van der Waals surface area contributed by atoms with E-state index in [-0.39, 0.29) is 42.1 Å². The van der Waals surface area contributed by atoms with Crippen molar-refractivity contribution in [2.45, 2.75) is 77.2 Å². The number of benzene rings is 1. The molecule has 7 heteroatoms. The van der Waals surface area contributed by atoms with Crippen LogP contribution in [0.4, 0.5) is 0 Å². The number of aliphatic imine (C=N–C) groups is 1. The van der Waals surface area contributed by atoms with Crippen LogP contribution in [0.15, 0.2) is 29.3 Å². The van der Waals surface area contributed by atoms with Crippen LogP contribution < -0.4 is 11.1 Å². The zero-order valence-corrected chi connectivity index (χ0v) is 19.9. The third-order valence-electron chi connectivity index (χ3n) is 5.55. The van der Waals surface area contributed by atoms with Crippen LogP contribution in [0.3, 0.4) is 0 Å². The average molecular weight is 514 g/mol. The molecule has 0 radical (unpaired) electrons. The predicted molar refractivity (Wildman–Crippen MR) is 128 cm³/mol. The highest BCUT2D eigenvalue weighted by atomic mass is 127. The molecule has 2 unspecified atom stereocenters. The van der Waals surface area contributed by atoms with Crippen LogP contribution in [0, 0.1) is 0 Å². The highest BCUT2D eigenvalue weighted by Gasteiger charge is 2.26. The molecule has 162 valence electrons. The molecule has 2 atom stereocenters. The Labute approximate surface area is 191 Å². The fourth-order valence-corrected chi connectivity index (χ4v) is 4.13. The monoisotopic (exact) mass is 514 g/mol. The van der Waals surface area contributed by atoms with Gasteiger partial charge in [0.2, 0.25) is 0 Å². The van der Waals surface area contributed by atoms with Gasteiger partial charge in [0.25, 0.3) is 5.91 Å². The summed E-state index contributed by atoms with van der Waals surface area (Å²) in [5, 5.41) is 3.37. The minimum atomic E-state index is 0. The van der Waals surface area contributed by atoms with Gasteiger partial charge in [0, 0.05) is 24.7 Å². The molecule has 0 spiro atoms.